The van der Waals surface area contributed by atoms with E-state index in [4.69, 9.17) is 4.74 Å². The van der Waals surface area contributed by atoms with E-state index in [2.05, 4.69) is 24.1 Å². The predicted molar refractivity (Wildman–Crippen MR) is 78.0 cm³/mol. The molecule has 0 bridgehead atoms. The molecule has 108 valence electrons. The van der Waals surface area contributed by atoms with Crippen molar-refractivity contribution in [3.05, 3.63) is 0 Å². The molecular formula is C15H32N2O. The fourth-order valence-corrected chi connectivity index (χ4v) is 2.85. The molecule has 0 aliphatic carbocycles. The Balaban J connectivity index is 1.97. The number of piperidine rings is 1. The van der Waals surface area contributed by atoms with Crippen molar-refractivity contribution >= 4 is 0 Å². The Morgan fingerprint density at radius 2 is 2.00 bits per heavy atom. The SMILES string of the molecule is CCNC(C)CCCCN1CCC(COC)CC1. The molecule has 0 aromatic carbocycles. The summed E-state index contributed by atoms with van der Waals surface area (Å²) in [5.41, 5.74) is 0. The molecule has 1 N–H and O–H groups in total. The summed E-state index contributed by atoms with van der Waals surface area (Å²) in [4.78, 5) is 2.63. The number of likely N-dealkylation sites (tertiary alicyclic amines) is 1. The lowest BCUT2D eigenvalue weighted by atomic mass is 9.97. The second-order valence-electron chi connectivity index (χ2n) is 5.69. The van der Waals surface area contributed by atoms with Crippen molar-refractivity contribution in [2.45, 2.75) is 52.0 Å². The van der Waals surface area contributed by atoms with Gasteiger partial charge in [0.1, 0.15) is 0 Å². The topological polar surface area (TPSA) is 24.5 Å². The van der Waals surface area contributed by atoms with Crippen molar-refractivity contribution in [3.8, 4) is 0 Å². The molecule has 0 radical (unpaired) electrons. The van der Waals surface area contributed by atoms with Gasteiger partial charge in [-0.15, -0.1) is 0 Å². The van der Waals surface area contributed by atoms with Gasteiger partial charge in [0, 0.05) is 19.8 Å². The molecule has 3 heteroatoms. The van der Waals surface area contributed by atoms with E-state index >= 15 is 0 Å². The molecule has 3 nitrogen and oxygen atoms in total. The second-order valence-corrected chi connectivity index (χ2v) is 5.69. The lowest BCUT2D eigenvalue weighted by Gasteiger charge is -2.31. The Morgan fingerprint density at radius 3 is 2.61 bits per heavy atom. The van der Waals surface area contributed by atoms with Crippen LogP contribution in [0.2, 0.25) is 0 Å². The lowest BCUT2D eigenvalue weighted by Crippen LogP contribution is -2.35. The number of rotatable bonds is 9. The van der Waals surface area contributed by atoms with Gasteiger partial charge in [0.2, 0.25) is 0 Å². The first-order valence-corrected chi connectivity index (χ1v) is 7.71. The van der Waals surface area contributed by atoms with E-state index in [0.717, 1.165) is 19.1 Å². The van der Waals surface area contributed by atoms with Gasteiger partial charge in [-0.1, -0.05) is 13.3 Å². The molecule has 1 unspecified atom stereocenters. The van der Waals surface area contributed by atoms with Crippen molar-refractivity contribution < 1.29 is 4.74 Å². The quantitative estimate of drug-likeness (QED) is 0.642. The highest BCUT2D eigenvalue weighted by molar-refractivity contribution is 4.72. The van der Waals surface area contributed by atoms with Crippen molar-refractivity contribution in [1.82, 2.24) is 10.2 Å². The number of hydrogen-bond donors (Lipinski definition) is 1. The van der Waals surface area contributed by atoms with E-state index in [1.54, 1.807) is 0 Å². The summed E-state index contributed by atoms with van der Waals surface area (Å²) in [6.45, 7) is 10.4. The summed E-state index contributed by atoms with van der Waals surface area (Å²) < 4.78 is 5.24. The molecule has 0 aromatic heterocycles. The highest BCUT2D eigenvalue weighted by atomic mass is 16.5. The van der Waals surface area contributed by atoms with Gasteiger partial charge in [0.05, 0.1) is 0 Å². The lowest BCUT2D eigenvalue weighted by molar-refractivity contribution is 0.0987. The minimum Gasteiger partial charge on any atom is -0.384 e. The van der Waals surface area contributed by atoms with Crippen LogP contribution in [0, 0.1) is 5.92 Å². The van der Waals surface area contributed by atoms with E-state index in [1.807, 2.05) is 7.11 Å². The molecule has 1 aliphatic heterocycles. The average molecular weight is 256 g/mol. The molecule has 1 aliphatic rings. The van der Waals surface area contributed by atoms with Gasteiger partial charge in [-0.05, 0) is 64.7 Å². The zero-order chi connectivity index (χ0) is 13.2. The van der Waals surface area contributed by atoms with Crippen LogP contribution in [0.25, 0.3) is 0 Å². The zero-order valence-electron chi connectivity index (χ0n) is 12.6. The summed E-state index contributed by atoms with van der Waals surface area (Å²) in [5, 5.41) is 3.48. The van der Waals surface area contributed by atoms with Gasteiger partial charge in [-0.2, -0.15) is 0 Å². The van der Waals surface area contributed by atoms with E-state index in [1.165, 1.54) is 51.7 Å². The van der Waals surface area contributed by atoms with Crippen LogP contribution in [-0.4, -0.2) is 50.8 Å². The summed E-state index contributed by atoms with van der Waals surface area (Å²) in [6, 6.07) is 0.683. The Hall–Kier alpha value is -0.120. The van der Waals surface area contributed by atoms with Gasteiger partial charge in [0.15, 0.2) is 0 Å². The first-order chi connectivity index (χ1) is 8.76. The first-order valence-electron chi connectivity index (χ1n) is 7.71. The van der Waals surface area contributed by atoms with E-state index in [0.29, 0.717) is 6.04 Å². The molecule has 0 spiro atoms. The van der Waals surface area contributed by atoms with E-state index in [-0.39, 0.29) is 0 Å². The van der Waals surface area contributed by atoms with E-state index < -0.39 is 0 Å². The molecule has 1 atom stereocenters. The van der Waals surface area contributed by atoms with Crippen LogP contribution < -0.4 is 5.32 Å². The number of nitrogens with zero attached hydrogens (tertiary/aromatic N) is 1. The highest BCUT2D eigenvalue weighted by Gasteiger charge is 2.18. The summed E-state index contributed by atoms with van der Waals surface area (Å²) in [7, 11) is 1.82. The van der Waals surface area contributed by atoms with Crippen LogP contribution in [0.1, 0.15) is 46.0 Å². The van der Waals surface area contributed by atoms with Crippen molar-refractivity contribution in [3.63, 3.8) is 0 Å². The molecule has 1 rings (SSSR count). The average Bonchev–Trinajstić information content (AvgIpc) is 2.37. The summed E-state index contributed by atoms with van der Waals surface area (Å²) in [6.07, 6.45) is 6.66. The number of methoxy groups -OCH3 is 1. The van der Waals surface area contributed by atoms with Crippen molar-refractivity contribution in [1.29, 1.82) is 0 Å². The van der Waals surface area contributed by atoms with Crippen molar-refractivity contribution in [2.24, 2.45) is 5.92 Å². The van der Waals surface area contributed by atoms with Crippen molar-refractivity contribution in [2.75, 3.05) is 39.9 Å². The fourth-order valence-electron chi connectivity index (χ4n) is 2.85. The van der Waals surface area contributed by atoms with Gasteiger partial charge >= 0.3 is 0 Å². The van der Waals surface area contributed by atoms with Gasteiger partial charge in [-0.3, -0.25) is 0 Å². The number of unbranched alkanes of at least 4 members (excludes halogenated alkanes) is 1. The molecular weight excluding hydrogens is 224 g/mol. The maximum absolute atomic E-state index is 5.24. The summed E-state index contributed by atoms with van der Waals surface area (Å²) in [5.74, 6) is 0.806. The standard InChI is InChI=1S/C15H32N2O/c1-4-16-14(2)7-5-6-10-17-11-8-15(9-12-17)13-18-3/h14-16H,4-13H2,1-3H3. The van der Waals surface area contributed by atoms with Crippen LogP contribution in [0.3, 0.4) is 0 Å². The molecule has 18 heavy (non-hydrogen) atoms. The van der Waals surface area contributed by atoms with Crippen LogP contribution in [-0.2, 0) is 4.74 Å². The normalized spacial score (nSPS) is 20.2. The second kappa shape index (κ2) is 9.76. The fraction of sp³-hybridized carbons (Fsp3) is 1.00. The molecule has 1 heterocycles. The monoisotopic (exact) mass is 256 g/mol. The zero-order valence-corrected chi connectivity index (χ0v) is 12.6. The van der Waals surface area contributed by atoms with Crippen LogP contribution in [0.5, 0.6) is 0 Å². The third-order valence-electron chi connectivity index (χ3n) is 4.02. The predicted octanol–water partition coefficient (Wildman–Crippen LogP) is 2.51. The molecule has 0 amide bonds. The van der Waals surface area contributed by atoms with Gasteiger partial charge in [-0.25, -0.2) is 0 Å². The number of hydrogen-bond acceptors (Lipinski definition) is 3. The number of ether oxygens (including phenoxy) is 1. The van der Waals surface area contributed by atoms with Crippen LogP contribution >= 0.6 is 0 Å². The number of nitrogens with one attached hydrogen (secondary N) is 1. The third-order valence-corrected chi connectivity index (χ3v) is 4.02. The first kappa shape index (κ1) is 15.9. The molecule has 1 saturated heterocycles. The third kappa shape index (κ3) is 6.72. The largest absolute Gasteiger partial charge is 0.384 e. The minimum atomic E-state index is 0.683. The molecule has 0 saturated carbocycles. The van der Waals surface area contributed by atoms with Gasteiger partial charge < -0.3 is 15.0 Å². The summed E-state index contributed by atoms with van der Waals surface area (Å²) >= 11 is 0. The molecule has 0 aromatic rings. The molecule has 1 fully saturated rings. The Morgan fingerprint density at radius 1 is 1.28 bits per heavy atom. The Bertz CT molecular complexity index is 191. The van der Waals surface area contributed by atoms with Crippen LogP contribution in [0.15, 0.2) is 0 Å². The van der Waals surface area contributed by atoms with Crippen LogP contribution in [0.4, 0.5) is 0 Å². The maximum Gasteiger partial charge on any atom is 0.0491 e. The maximum atomic E-state index is 5.24. The Labute approximate surface area is 113 Å². The Kier molecular flexibility index (Phi) is 8.64. The van der Waals surface area contributed by atoms with Gasteiger partial charge in [0.25, 0.3) is 0 Å². The smallest absolute Gasteiger partial charge is 0.0491 e. The highest BCUT2D eigenvalue weighted by Crippen LogP contribution is 2.17. The minimum absolute atomic E-state index is 0.683. The van der Waals surface area contributed by atoms with E-state index in [9.17, 15) is 0 Å².